The standard InChI is InChI=1S/C9H10ClFO2S.C9H11F/c10-14(12,13)9-5-3-8(4-6-9)2-1-7-11;10-8-4-7-9-5-2-1-3-6-9/h3-6H,1-2,7H2;1-3,5-6H,4,7-8H2. The Kier molecular flexibility index (Phi) is 9.57. The highest BCUT2D eigenvalue weighted by Crippen LogP contribution is 2.15. The van der Waals surface area contributed by atoms with E-state index in [0.29, 0.717) is 19.3 Å². The summed E-state index contributed by atoms with van der Waals surface area (Å²) in [5.41, 5.74) is 2.13. The molecule has 2 aromatic carbocycles. The number of aryl methyl sites for hydroxylation is 2. The largest absolute Gasteiger partial charge is 0.261 e. The Morgan fingerprint density at radius 2 is 1.21 bits per heavy atom. The molecule has 2 nitrogen and oxygen atoms in total. The van der Waals surface area contributed by atoms with Gasteiger partial charge in [-0.15, -0.1) is 0 Å². The van der Waals surface area contributed by atoms with E-state index < -0.39 is 9.05 Å². The Labute approximate surface area is 146 Å². The minimum absolute atomic E-state index is 0.0724. The molecule has 24 heavy (non-hydrogen) atoms. The number of hydrogen-bond donors (Lipinski definition) is 0. The van der Waals surface area contributed by atoms with Gasteiger partial charge in [0.2, 0.25) is 0 Å². The van der Waals surface area contributed by atoms with E-state index in [2.05, 4.69) is 0 Å². The fraction of sp³-hybridized carbons (Fsp3) is 0.333. The summed E-state index contributed by atoms with van der Waals surface area (Å²) in [6, 6.07) is 16.1. The van der Waals surface area contributed by atoms with Crippen LogP contribution >= 0.6 is 10.7 Å². The lowest BCUT2D eigenvalue weighted by Gasteiger charge is -2.00. The van der Waals surface area contributed by atoms with Crippen molar-refractivity contribution < 1.29 is 17.2 Å². The zero-order valence-corrected chi connectivity index (χ0v) is 14.9. The summed E-state index contributed by atoms with van der Waals surface area (Å²) in [5.74, 6) is 0. The second-order valence-corrected chi connectivity index (χ2v) is 7.72. The van der Waals surface area contributed by atoms with E-state index >= 15 is 0 Å². The molecule has 2 aromatic rings. The van der Waals surface area contributed by atoms with Gasteiger partial charge >= 0.3 is 0 Å². The lowest BCUT2D eigenvalue weighted by Crippen LogP contribution is -1.92. The molecule has 0 saturated carbocycles. The summed E-state index contributed by atoms with van der Waals surface area (Å²) in [7, 11) is 1.49. The van der Waals surface area contributed by atoms with E-state index in [1.54, 1.807) is 12.1 Å². The van der Waals surface area contributed by atoms with Crippen LogP contribution in [0.2, 0.25) is 0 Å². The third-order valence-corrected chi connectivity index (χ3v) is 4.62. The van der Waals surface area contributed by atoms with Crippen LogP contribution in [0.3, 0.4) is 0 Å². The van der Waals surface area contributed by atoms with Crippen LogP contribution in [0.4, 0.5) is 8.78 Å². The molecule has 0 radical (unpaired) electrons. The SMILES string of the molecule is FCCCc1ccccc1.O=S(=O)(Cl)c1ccc(CCCF)cc1. The van der Waals surface area contributed by atoms with Crippen molar-refractivity contribution in [3.05, 3.63) is 65.7 Å². The highest BCUT2D eigenvalue weighted by Gasteiger charge is 2.08. The molecule has 0 amide bonds. The maximum Gasteiger partial charge on any atom is 0.261 e. The lowest BCUT2D eigenvalue weighted by molar-refractivity contribution is 0.473. The molecule has 0 unspecified atom stereocenters. The van der Waals surface area contributed by atoms with Gasteiger partial charge < -0.3 is 0 Å². The van der Waals surface area contributed by atoms with Gasteiger partial charge in [0.15, 0.2) is 0 Å². The minimum atomic E-state index is -3.64. The predicted molar refractivity (Wildman–Crippen MR) is 94.5 cm³/mol. The average Bonchev–Trinajstić information content (AvgIpc) is 2.59. The maximum absolute atomic E-state index is 11.8. The molecular formula is C18H21ClF2O2S. The van der Waals surface area contributed by atoms with Crippen molar-refractivity contribution in [1.82, 2.24) is 0 Å². The van der Waals surface area contributed by atoms with Gasteiger partial charge in [-0.2, -0.15) is 0 Å². The van der Waals surface area contributed by atoms with E-state index in [0.717, 1.165) is 12.0 Å². The van der Waals surface area contributed by atoms with Crippen LogP contribution in [0.5, 0.6) is 0 Å². The Balaban J connectivity index is 0.000000254. The summed E-state index contributed by atoms with van der Waals surface area (Å²) in [6.45, 7) is -0.579. The minimum Gasteiger partial charge on any atom is -0.251 e. The highest BCUT2D eigenvalue weighted by molar-refractivity contribution is 8.13. The molecule has 0 bridgehead atoms. The smallest absolute Gasteiger partial charge is 0.251 e. The third-order valence-electron chi connectivity index (χ3n) is 3.25. The van der Waals surface area contributed by atoms with Crippen molar-refractivity contribution >= 4 is 19.7 Å². The zero-order valence-electron chi connectivity index (χ0n) is 13.3. The monoisotopic (exact) mass is 374 g/mol. The predicted octanol–water partition coefficient (Wildman–Crippen LogP) is 5.10. The number of rotatable bonds is 7. The summed E-state index contributed by atoms with van der Waals surface area (Å²) in [5, 5.41) is 0. The molecule has 0 heterocycles. The summed E-state index contributed by atoms with van der Waals surface area (Å²) in [6.07, 6.45) is 2.56. The first-order chi connectivity index (χ1) is 11.5. The molecule has 0 aromatic heterocycles. The van der Waals surface area contributed by atoms with Crippen LogP contribution < -0.4 is 0 Å². The molecule has 0 saturated heterocycles. The van der Waals surface area contributed by atoms with Crippen molar-refractivity contribution in [3.63, 3.8) is 0 Å². The zero-order chi connectivity index (χ0) is 17.8. The molecule has 0 atom stereocenters. The highest BCUT2D eigenvalue weighted by atomic mass is 35.7. The molecular weight excluding hydrogens is 354 g/mol. The van der Waals surface area contributed by atoms with Gasteiger partial charge in [-0.25, -0.2) is 8.42 Å². The van der Waals surface area contributed by atoms with Crippen LogP contribution in [0.15, 0.2) is 59.5 Å². The van der Waals surface area contributed by atoms with E-state index in [1.165, 1.54) is 17.7 Å². The number of alkyl halides is 2. The molecule has 132 valence electrons. The van der Waals surface area contributed by atoms with Gasteiger partial charge in [0, 0.05) is 10.7 Å². The molecule has 0 aliphatic heterocycles. The first-order valence-corrected chi connectivity index (χ1v) is 9.97. The Morgan fingerprint density at radius 1 is 0.750 bits per heavy atom. The van der Waals surface area contributed by atoms with Crippen LogP contribution in [0.25, 0.3) is 0 Å². The van der Waals surface area contributed by atoms with Gasteiger partial charge in [0.25, 0.3) is 9.05 Å². The van der Waals surface area contributed by atoms with Gasteiger partial charge in [-0.05, 0) is 48.9 Å². The van der Waals surface area contributed by atoms with Crippen molar-refractivity contribution in [1.29, 1.82) is 0 Å². The Morgan fingerprint density at radius 3 is 1.62 bits per heavy atom. The quantitative estimate of drug-likeness (QED) is 0.631. The van der Waals surface area contributed by atoms with Crippen molar-refractivity contribution in [3.8, 4) is 0 Å². The normalized spacial score (nSPS) is 10.8. The van der Waals surface area contributed by atoms with E-state index in [1.807, 2.05) is 30.3 Å². The van der Waals surface area contributed by atoms with Crippen molar-refractivity contribution in [2.24, 2.45) is 0 Å². The van der Waals surface area contributed by atoms with Gasteiger partial charge in [-0.3, -0.25) is 8.78 Å². The van der Waals surface area contributed by atoms with Gasteiger partial charge in [0.1, 0.15) is 0 Å². The van der Waals surface area contributed by atoms with Gasteiger partial charge in [0.05, 0.1) is 18.2 Å². The van der Waals surface area contributed by atoms with E-state index in [-0.39, 0.29) is 18.2 Å². The van der Waals surface area contributed by atoms with Crippen molar-refractivity contribution in [2.75, 3.05) is 13.3 Å². The topological polar surface area (TPSA) is 34.1 Å². The summed E-state index contributed by atoms with van der Waals surface area (Å²) < 4.78 is 45.2. The fourth-order valence-corrected chi connectivity index (χ4v) is 2.78. The van der Waals surface area contributed by atoms with Crippen LogP contribution in [-0.4, -0.2) is 21.8 Å². The van der Waals surface area contributed by atoms with Crippen molar-refractivity contribution in [2.45, 2.75) is 30.6 Å². The molecule has 0 aliphatic rings. The molecule has 6 heteroatoms. The van der Waals surface area contributed by atoms with Gasteiger partial charge in [-0.1, -0.05) is 42.5 Å². The second-order valence-electron chi connectivity index (χ2n) is 5.15. The molecule has 0 aliphatic carbocycles. The number of hydrogen-bond acceptors (Lipinski definition) is 2. The maximum atomic E-state index is 11.8. The number of halogens is 3. The fourth-order valence-electron chi connectivity index (χ4n) is 2.01. The number of benzene rings is 2. The van der Waals surface area contributed by atoms with E-state index in [4.69, 9.17) is 10.7 Å². The first kappa shape index (κ1) is 20.6. The van der Waals surface area contributed by atoms with Crippen LogP contribution in [0.1, 0.15) is 24.0 Å². The molecule has 0 spiro atoms. The lowest BCUT2D eigenvalue weighted by atomic mass is 10.1. The summed E-state index contributed by atoms with van der Waals surface area (Å²) in [4.78, 5) is 0.0724. The molecule has 0 N–H and O–H groups in total. The van der Waals surface area contributed by atoms with Crippen LogP contribution in [0, 0.1) is 0 Å². The van der Waals surface area contributed by atoms with E-state index in [9.17, 15) is 17.2 Å². The summed E-state index contributed by atoms with van der Waals surface area (Å²) >= 11 is 0. The molecule has 2 rings (SSSR count). The Bertz CT molecular complexity index is 674. The molecule has 0 fully saturated rings. The van der Waals surface area contributed by atoms with Crippen LogP contribution in [-0.2, 0) is 21.9 Å². The third kappa shape index (κ3) is 8.41. The Hall–Kier alpha value is -1.46. The first-order valence-electron chi connectivity index (χ1n) is 7.67. The second kappa shape index (κ2) is 11.2. The average molecular weight is 375 g/mol.